The summed E-state index contributed by atoms with van der Waals surface area (Å²) in [6, 6.07) is 5.40. The fourth-order valence-electron chi connectivity index (χ4n) is 1.77. The largest absolute Gasteiger partial charge is 0.508 e. The first kappa shape index (κ1) is 12.9. The minimum absolute atomic E-state index is 0.305. The lowest BCUT2D eigenvalue weighted by atomic mass is 10.0. The molecule has 0 aliphatic heterocycles. The third-order valence-corrected chi connectivity index (χ3v) is 2.91. The summed E-state index contributed by atoms with van der Waals surface area (Å²) < 4.78 is 5.67. The van der Waals surface area contributed by atoms with Crippen molar-refractivity contribution in [1.82, 2.24) is 0 Å². The van der Waals surface area contributed by atoms with Crippen molar-refractivity contribution < 1.29 is 9.84 Å². The average molecular weight is 222 g/mol. The van der Waals surface area contributed by atoms with Crippen molar-refractivity contribution in [1.29, 1.82) is 0 Å². The van der Waals surface area contributed by atoms with Crippen molar-refractivity contribution in [2.24, 2.45) is 5.92 Å². The standard InChI is InChI=1S/C14H22O2/c1-4-6-11(2)9-10-16-14-8-5-7-13(15)12(14)3/h5,7-8,11,15H,4,6,9-10H2,1-3H3. The van der Waals surface area contributed by atoms with E-state index in [2.05, 4.69) is 13.8 Å². The molecular formula is C14H22O2. The van der Waals surface area contributed by atoms with Crippen molar-refractivity contribution in [3.05, 3.63) is 23.8 Å². The van der Waals surface area contributed by atoms with Gasteiger partial charge in [0.05, 0.1) is 6.61 Å². The second kappa shape index (κ2) is 6.41. The highest BCUT2D eigenvalue weighted by atomic mass is 16.5. The number of hydrogen-bond acceptors (Lipinski definition) is 2. The quantitative estimate of drug-likeness (QED) is 0.790. The molecular weight excluding hydrogens is 200 g/mol. The summed E-state index contributed by atoms with van der Waals surface area (Å²) in [4.78, 5) is 0. The maximum absolute atomic E-state index is 9.51. The summed E-state index contributed by atoms with van der Waals surface area (Å²) in [6.07, 6.45) is 3.55. The first-order chi connectivity index (χ1) is 7.65. The van der Waals surface area contributed by atoms with Crippen LogP contribution in [0.25, 0.3) is 0 Å². The second-order valence-corrected chi connectivity index (χ2v) is 4.43. The number of phenolic OH excluding ortho intramolecular Hbond substituents is 1. The molecule has 16 heavy (non-hydrogen) atoms. The summed E-state index contributed by atoms with van der Waals surface area (Å²) in [5.41, 5.74) is 0.825. The molecule has 0 bridgehead atoms. The van der Waals surface area contributed by atoms with Crippen molar-refractivity contribution in [2.45, 2.75) is 40.0 Å². The van der Waals surface area contributed by atoms with Gasteiger partial charge >= 0.3 is 0 Å². The maximum Gasteiger partial charge on any atom is 0.125 e. The van der Waals surface area contributed by atoms with Gasteiger partial charge in [-0.3, -0.25) is 0 Å². The third kappa shape index (κ3) is 3.76. The summed E-state index contributed by atoms with van der Waals surface area (Å²) in [5.74, 6) is 1.81. The molecule has 0 heterocycles. The fraction of sp³-hybridized carbons (Fsp3) is 0.571. The highest BCUT2D eigenvalue weighted by molar-refractivity contribution is 5.42. The predicted molar refractivity (Wildman–Crippen MR) is 67.0 cm³/mol. The molecule has 0 aliphatic carbocycles. The molecule has 2 nitrogen and oxygen atoms in total. The van der Waals surface area contributed by atoms with Gasteiger partial charge in [0.15, 0.2) is 0 Å². The maximum atomic E-state index is 9.51. The number of ether oxygens (including phenoxy) is 1. The van der Waals surface area contributed by atoms with E-state index in [0.717, 1.165) is 24.3 Å². The molecule has 0 saturated carbocycles. The van der Waals surface area contributed by atoms with E-state index in [1.165, 1.54) is 12.8 Å². The van der Waals surface area contributed by atoms with Crippen LogP contribution in [0.3, 0.4) is 0 Å². The van der Waals surface area contributed by atoms with E-state index in [0.29, 0.717) is 11.7 Å². The molecule has 90 valence electrons. The van der Waals surface area contributed by atoms with Crippen LogP contribution in [0.15, 0.2) is 18.2 Å². The molecule has 1 atom stereocenters. The lowest BCUT2D eigenvalue weighted by Crippen LogP contribution is -2.04. The zero-order valence-corrected chi connectivity index (χ0v) is 10.5. The lowest BCUT2D eigenvalue weighted by molar-refractivity contribution is 0.276. The van der Waals surface area contributed by atoms with E-state index >= 15 is 0 Å². The van der Waals surface area contributed by atoms with Crippen LogP contribution < -0.4 is 4.74 Å². The zero-order chi connectivity index (χ0) is 12.0. The van der Waals surface area contributed by atoms with Gasteiger partial charge in [0.2, 0.25) is 0 Å². The minimum atomic E-state index is 0.305. The van der Waals surface area contributed by atoms with Gasteiger partial charge < -0.3 is 9.84 Å². The number of benzene rings is 1. The highest BCUT2D eigenvalue weighted by Crippen LogP contribution is 2.26. The molecule has 0 radical (unpaired) electrons. The van der Waals surface area contributed by atoms with Crippen LogP contribution >= 0.6 is 0 Å². The van der Waals surface area contributed by atoms with Crippen molar-refractivity contribution >= 4 is 0 Å². The van der Waals surface area contributed by atoms with Gasteiger partial charge in [0.25, 0.3) is 0 Å². The Bertz CT molecular complexity index is 321. The molecule has 2 heteroatoms. The van der Waals surface area contributed by atoms with Crippen molar-refractivity contribution in [3.8, 4) is 11.5 Å². The Kier molecular flexibility index (Phi) is 5.17. The molecule has 0 aromatic heterocycles. The van der Waals surface area contributed by atoms with E-state index in [1.807, 2.05) is 19.1 Å². The van der Waals surface area contributed by atoms with Gasteiger partial charge in [-0.25, -0.2) is 0 Å². The van der Waals surface area contributed by atoms with Crippen molar-refractivity contribution in [3.63, 3.8) is 0 Å². The van der Waals surface area contributed by atoms with Crippen molar-refractivity contribution in [2.75, 3.05) is 6.61 Å². The Balaban J connectivity index is 2.40. The first-order valence-corrected chi connectivity index (χ1v) is 6.06. The molecule has 0 saturated heterocycles. The molecule has 1 aromatic carbocycles. The topological polar surface area (TPSA) is 29.5 Å². The molecule has 1 N–H and O–H groups in total. The molecule has 0 spiro atoms. The Hall–Kier alpha value is -1.18. The lowest BCUT2D eigenvalue weighted by Gasteiger charge is -2.13. The van der Waals surface area contributed by atoms with Crippen LogP contribution in [-0.4, -0.2) is 11.7 Å². The van der Waals surface area contributed by atoms with Crippen LogP contribution in [0.1, 0.15) is 38.7 Å². The minimum Gasteiger partial charge on any atom is -0.508 e. The van der Waals surface area contributed by atoms with Crippen LogP contribution in [0, 0.1) is 12.8 Å². The summed E-state index contributed by atoms with van der Waals surface area (Å²) in [5, 5.41) is 9.51. The summed E-state index contributed by atoms with van der Waals surface area (Å²) in [6.45, 7) is 7.06. The van der Waals surface area contributed by atoms with Gasteiger partial charge in [-0.15, -0.1) is 0 Å². The first-order valence-electron chi connectivity index (χ1n) is 6.06. The highest BCUT2D eigenvalue weighted by Gasteiger charge is 2.05. The van der Waals surface area contributed by atoms with Crippen LogP contribution in [0.2, 0.25) is 0 Å². The van der Waals surface area contributed by atoms with Gasteiger partial charge in [-0.2, -0.15) is 0 Å². The van der Waals surface area contributed by atoms with Gasteiger partial charge in [0, 0.05) is 5.56 Å². The Morgan fingerprint density at radius 1 is 1.31 bits per heavy atom. The molecule has 1 rings (SSSR count). The monoisotopic (exact) mass is 222 g/mol. The summed E-state index contributed by atoms with van der Waals surface area (Å²) >= 11 is 0. The molecule has 1 aromatic rings. The SMILES string of the molecule is CCCC(C)CCOc1cccc(O)c1C. The predicted octanol–water partition coefficient (Wildman–Crippen LogP) is 3.91. The van der Waals surface area contributed by atoms with Gasteiger partial charge in [0.1, 0.15) is 11.5 Å². The van der Waals surface area contributed by atoms with E-state index in [4.69, 9.17) is 4.74 Å². The number of aromatic hydroxyl groups is 1. The fourth-order valence-corrected chi connectivity index (χ4v) is 1.77. The number of phenols is 1. The normalized spacial score (nSPS) is 12.4. The molecule has 0 aliphatic rings. The Morgan fingerprint density at radius 3 is 2.75 bits per heavy atom. The van der Waals surface area contributed by atoms with E-state index in [9.17, 15) is 5.11 Å². The second-order valence-electron chi connectivity index (χ2n) is 4.43. The Morgan fingerprint density at radius 2 is 2.06 bits per heavy atom. The smallest absolute Gasteiger partial charge is 0.125 e. The Labute approximate surface area is 98.3 Å². The van der Waals surface area contributed by atoms with E-state index < -0.39 is 0 Å². The average Bonchev–Trinajstić information content (AvgIpc) is 2.25. The van der Waals surface area contributed by atoms with Crippen LogP contribution in [0.4, 0.5) is 0 Å². The van der Waals surface area contributed by atoms with Crippen LogP contribution in [0.5, 0.6) is 11.5 Å². The molecule has 0 fully saturated rings. The van der Waals surface area contributed by atoms with E-state index in [-0.39, 0.29) is 0 Å². The molecule has 0 amide bonds. The third-order valence-electron chi connectivity index (χ3n) is 2.91. The van der Waals surface area contributed by atoms with E-state index in [1.54, 1.807) is 6.07 Å². The van der Waals surface area contributed by atoms with Gasteiger partial charge in [-0.05, 0) is 31.4 Å². The van der Waals surface area contributed by atoms with Gasteiger partial charge in [-0.1, -0.05) is 32.8 Å². The zero-order valence-electron chi connectivity index (χ0n) is 10.5. The van der Waals surface area contributed by atoms with Crippen LogP contribution in [-0.2, 0) is 0 Å². The number of hydrogen-bond donors (Lipinski definition) is 1. The molecule has 1 unspecified atom stereocenters. The number of rotatable bonds is 6. The summed E-state index contributed by atoms with van der Waals surface area (Å²) in [7, 11) is 0.